The number of rotatable bonds is 3. The van der Waals surface area contributed by atoms with Crippen LogP contribution in [0.1, 0.15) is 28.9 Å². The summed E-state index contributed by atoms with van der Waals surface area (Å²) < 4.78 is 14.6. The fourth-order valence-electron chi connectivity index (χ4n) is 1.78. The first-order chi connectivity index (χ1) is 9.47. The van der Waals surface area contributed by atoms with Gasteiger partial charge >= 0.3 is 0 Å². The van der Waals surface area contributed by atoms with Crippen molar-refractivity contribution in [1.82, 2.24) is 5.32 Å². The van der Waals surface area contributed by atoms with Crippen molar-refractivity contribution in [2.45, 2.75) is 13.0 Å². The molecule has 0 radical (unpaired) electrons. The molecule has 2 nitrogen and oxygen atoms in total. The van der Waals surface area contributed by atoms with Crippen LogP contribution in [0.2, 0.25) is 5.02 Å². The second kappa shape index (κ2) is 6.37. The van der Waals surface area contributed by atoms with Gasteiger partial charge in [-0.2, -0.15) is 0 Å². The molecule has 0 heterocycles. The van der Waals surface area contributed by atoms with E-state index in [1.165, 1.54) is 18.2 Å². The first-order valence-electron chi connectivity index (χ1n) is 5.99. The van der Waals surface area contributed by atoms with Crippen molar-refractivity contribution in [1.29, 1.82) is 0 Å². The molecule has 2 rings (SSSR count). The molecular formula is C15H12BrClFNO. The molecule has 0 aliphatic heterocycles. The second-order valence-corrected chi connectivity index (χ2v) is 5.72. The maximum absolute atomic E-state index is 13.6. The van der Waals surface area contributed by atoms with Crippen LogP contribution < -0.4 is 5.32 Å². The Kier molecular flexibility index (Phi) is 4.78. The maximum atomic E-state index is 13.6. The molecule has 1 atom stereocenters. The van der Waals surface area contributed by atoms with E-state index in [9.17, 15) is 9.18 Å². The van der Waals surface area contributed by atoms with Gasteiger partial charge in [-0.15, -0.1) is 0 Å². The standard InChI is InChI=1S/C15H12BrClFNO/c1-9(10-2-4-11(16)5-3-10)19-15(20)13-8-12(17)6-7-14(13)18/h2-9H,1H3,(H,19,20). The predicted octanol–water partition coefficient (Wildman–Crippen LogP) is 4.73. The largest absolute Gasteiger partial charge is 0.345 e. The minimum Gasteiger partial charge on any atom is -0.345 e. The summed E-state index contributed by atoms with van der Waals surface area (Å²) in [6.07, 6.45) is 0. The minimum atomic E-state index is -0.588. The van der Waals surface area contributed by atoms with Gasteiger partial charge in [-0.3, -0.25) is 4.79 Å². The number of hydrogen-bond acceptors (Lipinski definition) is 1. The molecule has 0 saturated carbocycles. The summed E-state index contributed by atoms with van der Waals surface area (Å²) >= 11 is 9.13. The van der Waals surface area contributed by atoms with E-state index in [1.807, 2.05) is 31.2 Å². The van der Waals surface area contributed by atoms with Crippen LogP contribution in [0.5, 0.6) is 0 Å². The summed E-state index contributed by atoms with van der Waals surface area (Å²) in [6, 6.07) is 11.2. The van der Waals surface area contributed by atoms with Crippen molar-refractivity contribution in [3.63, 3.8) is 0 Å². The third kappa shape index (κ3) is 3.58. The van der Waals surface area contributed by atoms with Crippen LogP contribution in [-0.4, -0.2) is 5.91 Å². The van der Waals surface area contributed by atoms with E-state index < -0.39 is 11.7 Å². The first-order valence-corrected chi connectivity index (χ1v) is 7.16. The van der Waals surface area contributed by atoms with Gasteiger partial charge in [0.25, 0.3) is 5.91 Å². The summed E-state index contributed by atoms with van der Waals surface area (Å²) in [6.45, 7) is 1.84. The zero-order valence-electron chi connectivity index (χ0n) is 10.7. The van der Waals surface area contributed by atoms with E-state index in [2.05, 4.69) is 21.2 Å². The molecule has 5 heteroatoms. The fraction of sp³-hybridized carbons (Fsp3) is 0.133. The van der Waals surface area contributed by atoms with E-state index in [0.29, 0.717) is 5.02 Å². The number of amides is 1. The van der Waals surface area contributed by atoms with E-state index >= 15 is 0 Å². The third-order valence-corrected chi connectivity index (χ3v) is 3.65. The Morgan fingerprint density at radius 1 is 1.25 bits per heavy atom. The highest BCUT2D eigenvalue weighted by molar-refractivity contribution is 9.10. The van der Waals surface area contributed by atoms with Gasteiger partial charge in [-0.05, 0) is 42.8 Å². The van der Waals surface area contributed by atoms with Gasteiger partial charge in [0, 0.05) is 9.50 Å². The Balaban J connectivity index is 2.15. The van der Waals surface area contributed by atoms with E-state index in [-0.39, 0.29) is 11.6 Å². The zero-order valence-corrected chi connectivity index (χ0v) is 13.0. The summed E-state index contributed by atoms with van der Waals surface area (Å²) in [4.78, 5) is 12.0. The number of carbonyl (C=O) groups excluding carboxylic acids is 1. The van der Waals surface area contributed by atoms with Crippen LogP contribution in [0.3, 0.4) is 0 Å². The highest BCUT2D eigenvalue weighted by Crippen LogP contribution is 2.19. The number of carbonyl (C=O) groups is 1. The first kappa shape index (κ1) is 15.0. The number of nitrogens with one attached hydrogen (secondary N) is 1. The molecule has 0 aliphatic rings. The lowest BCUT2D eigenvalue weighted by molar-refractivity contribution is 0.0936. The van der Waals surface area contributed by atoms with Crippen molar-refractivity contribution in [2.24, 2.45) is 0 Å². The smallest absolute Gasteiger partial charge is 0.254 e. The van der Waals surface area contributed by atoms with Crippen molar-refractivity contribution < 1.29 is 9.18 Å². The Morgan fingerprint density at radius 3 is 2.55 bits per heavy atom. The topological polar surface area (TPSA) is 29.1 Å². The molecule has 20 heavy (non-hydrogen) atoms. The van der Waals surface area contributed by atoms with Gasteiger partial charge in [0.1, 0.15) is 5.82 Å². The molecule has 1 unspecified atom stereocenters. The highest BCUT2D eigenvalue weighted by Gasteiger charge is 2.15. The van der Waals surface area contributed by atoms with Crippen LogP contribution >= 0.6 is 27.5 Å². The Bertz CT molecular complexity index is 630. The van der Waals surface area contributed by atoms with Crippen LogP contribution in [0.25, 0.3) is 0 Å². The van der Waals surface area contributed by atoms with Gasteiger partial charge in [-0.25, -0.2) is 4.39 Å². The number of halogens is 3. The molecular weight excluding hydrogens is 345 g/mol. The van der Waals surface area contributed by atoms with Crippen LogP contribution in [0, 0.1) is 5.82 Å². The molecule has 0 bridgehead atoms. The minimum absolute atomic E-state index is 0.0542. The number of benzene rings is 2. The maximum Gasteiger partial charge on any atom is 0.254 e. The van der Waals surface area contributed by atoms with E-state index in [4.69, 9.17) is 11.6 Å². The Labute approximate surface area is 130 Å². The average Bonchev–Trinajstić information content (AvgIpc) is 2.42. The van der Waals surface area contributed by atoms with Crippen LogP contribution in [0.15, 0.2) is 46.9 Å². The van der Waals surface area contributed by atoms with Crippen LogP contribution in [-0.2, 0) is 0 Å². The lowest BCUT2D eigenvalue weighted by Crippen LogP contribution is -2.27. The van der Waals surface area contributed by atoms with E-state index in [0.717, 1.165) is 10.0 Å². The summed E-state index contributed by atoms with van der Waals surface area (Å²) in [7, 11) is 0. The second-order valence-electron chi connectivity index (χ2n) is 4.37. The zero-order chi connectivity index (χ0) is 14.7. The van der Waals surface area contributed by atoms with Crippen LogP contribution in [0.4, 0.5) is 4.39 Å². The lowest BCUT2D eigenvalue weighted by Gasteiger charge is -2.15. The normalized spacial score (nSPS) is 12.0. The van der Waals surface area contributed by atoms with E-state index in [1.54, 1.807) is 0 Å². The molecule has 0 saturated heterocycles. The van der Waals surface area contributed by atoms with Gasteiger partial charge in [-0.1, -0.05) is 39.7 Å². The SMILES string of the molecule is CC(NC(=O)c1cc(Cl)ccc1F)c1ccc(Br)cc1. The molecule has 2 aromatic rings. The van der Waals surface area contributed by atoms with Crippen molar-refractivity contribution in [2.75, 3.05) is 0 Å². The molecule has 0 aliphatic carbocycles. The molecule has 2 aromatic carbocycles. The molecule has 0 aromatic heterocycles. The van der Waals surface area contributed by atoms with Gasteiger partial charge < -0.3 is 5.32 Å². The molecule has 1 amide bonds. The van der Waals surface area contributed by atoms with Crippen molar-refractivity contribution >= 4 is 33.4 Å². The number of hydrogen-bond donors (Lipinski definition) is 1. The molecule has 0 fully saturated rings. The monoisotopic (exact) mass is 355 g/mol. The predicted molar refractivity (Wildman–Crippen MR) is 81.4 cm³/mol. The fourth-order valence-corrected chi connectivity index (χ4v) is 2.22. The summed E-state index contributed by atoms with van der Waals surface area (Å²) in [5.74, 6) is -1.07. The highest BCUT2D eigenvalue weighted by atomic mass is 79.9. The Morgan fingerprint density at radius 2 is 1.90 bits per heavy atom. The quantitative estimate of drug-likeness (QED) is 0.846. The summed E-state index contributed by atoms with van der Waals surface area (Å²) in [5.41, 5.74) is 0.880. The molecule has 1 N–H and O–H groups in total. The Hall–Kier alpha value is -1.39. The van der Waals surface area contributed by atoms with Crippen molar-refractivity contribution in [3.8, 4) is 0 Å². The average molecular weight is 357 g/mol. The third-order valence-electron chi connectivity index (χ3n) is 2.89. The molecule has 0 spiro atoms. The van der Waals surface area contributed by atoms with Gasteiger partial charge in [0.15, 0.2) is 0 Å². The van der Waals surface area contributed by atoms with Crippen molar-refractivity contribution in [3.05, 3.63) is 68.9 Å². The molecule has 104 valence electrons. The lowest BCUT2D eigenvalue weighted by atomic mass is 10.1. The summed E-state index contributed by atoms with van der Waals surface area (Å²) in [5, 5.41) is 3.07. The van der Waals surface area contributed by atoms with Gasteiger partial charge in [0.05, 0.1) is 11.6 Å². The van der Waals surface area contributed by atoms with Gasteiger partial charge in [0.2, 0.25) is 0 Å².